The lowest BCUT2D eigenvalue weighted by molar-refractivity contribution is -0.667. The van der Waals surface area contributed by atoms with Crippen molar-refractivity contribution in [1.82, 2.24) is 52.3 Å². The van der Waals surface area contributed by atoms with Gasteiger partial charge < -0.3 is 0 Å². The van der Waals surface area contributed by atoms with Crippen LogP contribution < -0.4 is 4.68 Å². The third-order valence-electron chi connectivity index (χ3n) is 12.9. The minimum atomic E-state index is -3.42. The molecule has 24 heteroatoms. The highest BCUT2D eigenvalue weighted by molar-refractivity contribution is 7.99. The quantitative estimate of drug-likeness (QED) is 0.127. The van der Waals surface area contributed by atoms with Crippen LogP contribution in [0.15, 0.2) is 99.7 Å². The van der Waals surface area contributed by atoms with Gasteiger partial charge in [-0.15, -0.1) is 4.52 Å². The Labute approximate surface area is 409 Å². The Morgan fingerprint density at radius 3 is 1.97 bits per heavy atom. The average Bonchev–Trinajstić information content (AvgIpc) is 4.13. The molecule has 0 N–H and O–H groups in total. The Kier molecular flexibility index (Phi) is 12.3. The normalized spacial score (nSPS) is 16.5. The zero-order chi connectivity index (χ0) is 49.2. The number of halogens is 2. The smallest absolute Gasteiger partial charge is 0.257 e. The first-order valence-electron chi connectivity index (χ1n) is 22.0. The highest BCUT2D eigenvalue weighted by Crippen LogP contribution is 2.40. The van der Waals surface area contributed by atoms with Crippen LogP contribution in [0.25, 0.3) is 39.0 Å². The summed E-state index contributed by atoms with van der Waals surface area (Å²) in [6.07, 6.45) is 18.0. The van der Waals surface area contributed by atoms with Crippen molar-refractivity contribution in [2.24, 2.45) is 0 Å². The molecule has 10 heterocycles. The second kappa shape index (κ2) is 18.3. The molecule has 8 aromatic heterocycles. The van der Waals surface area contributed by atoms with Gasteiger partial charge in [0.05, 0.1) is 66.5 Å². The van der Waals surface area contributed by atoms with Gasteiger partial charge in [-0.05, 0) is 63.8 Å². The van der Waals surface area contributed by atoms with Crippen LogP contribution in [0.5, 0.6) is 0 Å². The predicted octanol–water partition coefficient (Wildman–Crippen LogP) is 6.51. The molecule has 2 saturated heterocycles. The van der Waals surface area contributed by atoms with Crippen molar-refractivity contribution in [3.63, 3.8) is 0 Å². The minimum Gasteiger partial charge on any atom is -0.266 e. The summed E-state index contributed by atoms with van der Waals surface area (Å²) in [5, 5.41) is 34.5. The van der Waals surface area contributed by atoms with Gasteiger partial charge in [0, 0.05) is 82.0 Å². The van der Waals surface area contributed by atoms with Gasteiger partial charge in [0.15, 0.2) is 11.6 Å². The molecule has 18 nitrogen and oxygen atoms in total. The summed E-state index contributed by atoms with van der Waals surface area (Å²) in [4.78, 5) is 9.84. The summed E-state index contributed by atoms with van der Waals surface area (Å²) >= 11 is 2.05. The standard InChI is InChI=1S/C46H43F2N14O4S4/c1-28-37(22-54-61(28)34-9-13-56(14-10-34)69(3,63)64)30-15-41(43-32(18-49)20-53-58(43)24-30)67-46-40(48)17-36(21-52-46)59-26-33(19-50)44-42(68-45-39(47)8-5-11-51-45)16-31(25-60(44)59)38-23-55-62(29(38)2)35-7-6-12-57(27-35)70(4,65)66/h5,8,11,15-17,20-26,34-35H,6-7,9-10,12-14,27H2,1-4H3/q+1. The molecule has 70 heavy (non-hydrogen) atoms. The second-order valence-corrected chi connectivity index (χ2v) is 23.3. The lowest BCUT2D eigenvalue weighted by Gasteiger charge is -2.31. The Morgan fingerprint density at radius 1 is 0.714 bits per heavy atom. The molecule has 0 radical (unpaired) electrons. The minimum absolute atomic E-state index is 0.00247. The van der Waals surface area contributed by atoms with Crippen LogP contribution in [0.3, 0.4) is 0 Å². The van der Waals surface area contributed by atoms with E-state index in [0.717, 1.165) is 46.9 Å². The number of aromatic nitrogens is 10. The van der Waals surface area contributed by atoms with Crippen molar-refractivity contribution >= 4 is 54.6 Å². The number of piperidine rings is 2. The molecule has 0 bridgehead atoms. The van der Waals surface area contributed by atoms with E-state index in [1.54, 1.807) is 44.7 Å². The van der Waals surface area contributed by atoms with Gasteiger partial charge in [0.2, 0.25) is 26.2 Å². The Balaban J connectivity index is 1.02. The number of hydrogen-bond donors (Lipinski definition) is 0. The maximum Gasteiger partial charge on any atom is 0.257 e. The zero-order valence-electron chi connectivity index (χ0n) is 38.1. The van der Waals surface area contributed by atoms with Gasteiger partial charge in [0.1, 0.15) is 39.5 Å². The fourth-order valence-corrected chi connectivity index (χ4v) is 13.1. The topological polar surface area (TPSA) is 209 Å². The largest absolute Gasteiger partial charge is 0.266 e. The lowest BCUT2D eigenvalue weighted by atomic mass is 10.1. The predicted molar refractivity (Wildman–Crippen MR) is 255 cm³/mol. The third-order valence-corrected chi connectivity index (χ3v) is 17.5. The molecular formula is C46H43F2N14O4S4+. The maximum atomic E-state index is 16.7. The number of pyridine rings is 4. The van der Waals surface area contributed by atoms with Crippen LogP contribution in [-0.4, -0.2) is 108 Å². The van der Waals surface area contributed by atoms with Crippen LogP contribution in [-0.2, 0) is 20.0 Å². The molecule has 1 unspecified atom stereocenters. The SMILES string of the molecule is Cc1c(-c2cc(Sc3ncc(-[n+]4cc(C#N)c5c(Sc6ncccc6F)cc(-c6cnn(C7CCCN(S(C)(=O)=O)C7)c6C)cn54)cc3F)c3c(C#N)cnn3c2)cnn1C1CCN(S(C)(=O)=O)CC1. The van der Waals surface area contributed by atoms with Crippen LogP contribution in [0.1, 0.15) is 60.3 Å². The molecule has 2 fully saturated rings. The van der Waals surface area contributed by atoms with Crippen molar-refractivity contribution < 1.29 is 30.3 Å². The summed E-state index contributed by atoms with van der Waals surface area (Å²) in [7, 11) is -6.71. The molecule has 0 amide bonds. The first-order valence-corrected chi connectivity index (χ1v) is 27.4. The van der Waals surface area contributed by atoms with Crippen LogP contribution in [0.2, 0.25) is 0 Å². The molecule has 0 aliphatic carbocycles. The highest BCUT2D eigenvalue weighted by Gasteiger charge is 2.32. The first-order chi connectivity index (χ1) is 33.5. The molecular weight excluding hydrogens is 979 g/mol. The summed E-state index contributed by atoms with van der Waals surface area (Å²) in [6, 6.07) is 12.0. The van der Waals surface area contributed by atoms with Crippen molar-refractivity contribution in [1.29, 1.82) is 10.5 Å². The van der Waals surface area contributed by atoms with E-state index in [4.69, 9.17) is 10.2 Å². The van der Waals surface area contributed by atoms with E-state index in [-0.39, 0.29) is 45.5 Å². The lowest BCUT2D eigenvalue weighted by Crippen LogP contribution is -2.40. The summed E-state index contributed by atoms with van der Waals surface area (Å²) < 4.78 is 92.7. The third kappa shape index (κ3) is 8.73. The van der Waals surface area contributed by atoms with E-state index in [9.17, 15) is 27.4 Å². The molecule has 1 atom stereocenters. The van der Waals surface area contributed by atoms with Crippen LogP contribution in [0.4, 0.5) is 8.78 Å². The molecule has 10 rings (SSSR count). The molecule has 358 valence electrons. The molecule has 8 aromatic rings. The molecule has 2 aliphatic rings. The number of fused-ring (bicyclic) bond motifs is 2. The molecule has 0 aromatic carbocycles. The molecule has 0 saturated carbocycles. The number of rotatable bonds is 11. The van der Waals surface area contributed by atoms with E-state index in [1.807, 2.05) is 35.3 Å². The molecule has 0 spiro atoms. The second-order valence-electron chi connectivity index (χ2n) is 17.3. The Morgan fingerprint density at radius 2 is 1.34 bits per heavy atom. The zero-order valence-corrected chi connectivity index (χ0v) is 41.4. The van der Waals surface area contributed by atoms with Gasteiger partial charge >= 0.3 is 0 Å². The number of hydrogen-bond acceptors (Lipinski definition) is 13. The maximum absolute atomic E-state index is 16.7. The molecule has 2 aliphatic heterocycles. The number of sulfonamides is 2. The summed E-state index contributed by atoms with van der Waals surface area (Å²) in [6.45, 7) is 5.33. The van der Waals surface area contributed by atoms with Gasteiger partial charge in [-0.1, -0.05) is 28.2 Å². The van der Waals surface area contributed by atoms with Gasteiger partial charge in [0.25, 0.3) is 5.69 Å². The van der Waals surface area contributed by atoms with Crippen molar-refractivity contribution in [2.75, 3.05) is 38.7 Å². The van der Waals surface area contributed by atoms with E-state index in [1.165, 1.54) is 57.9 Å². The van der Waals surface area contributed by atoms with Gasteiger partial charge in [-0.25, -0.2) is 48.7 Å². The average molecular weight is 1020 g/mol. The number of nitrogens with zero attached hydrogens (tertiary/aromatic N) is 14. The first kappa shape index (κ1) is 47.2. The van der Waals surface area contributed by atoms with Crippen LogP contribution in [0, 0.1) is 48.1 Å². The summed E-state index contributed by atoms with van der Waals surface area (Å²) in [5.74, 6) is -1.25. The van der Waals surface area contributed by atoms with E-state index in [2.05, 4.69) is 27.2 Å². The van der Waals surface area contributed by atoms with E-state index >= 15 is 8.78 Å². The fraction of sp³-hybridized carbons (Fsp3) is 0.304. The van der Waals surface area contributed by atoms with Gasteiger partial charge in [-0.2, -0.15) is 25.8 Å². The van der Waals surface area contributed by atoms with Crippen molar-refractivity contribution in [3.05, 3.63) is 114 Å². The Hall–Kier alpha value is -6.54. The van der Waals surface area contributed by atoms with E-state index < -0.39 is 31.7 Å². The summed E-state index contributed by atoms with van der Waals surface area (Å²) in [5.41, 5.74) is 6.07. The Bertz CT molecular complexity index is 3720. The van der Waals surface area contributed by atoms with Crippen molar-refractivity contribution in [2.45, 2.75) is 71.5 Å². The number of nitriles is 2. The monoisotopic (exact) mass is 1020 g/mol. The van der Waals surface area contributed by atoms with E-state index in [0.29, 0.717) is 76.4 Å². The highest BCUT2D eigenvalue weighted by atomic mass is 32.2. The van der Waals surface area contributed by atoms with Crippen molar-refractivity contribution in [3.8, 4) is 40.1 Å². The fourth-order valence-electron chi connectivity index (χ4n) is 9.39. The van der Waals surface area contributed by atoms with Crippen LogP contribution >= 0.6 is 23.5 Å². The van der Waals surface area contributed by atoms with Gasteiger partial charge in [-0.3, -0.25) is 9.36 Å².